The Kier molecular flexibility index (Phi) is 5.31. The summed E-state index contributed by atoms with van der Waals surface area (Å²) in [7, 11) is 0. The molecule has 0 aliphatic rings. The van der Waals surface area contributed by atoms with Crippen LogP contribution in [0, 0.1) is 10.7 Å². The lowest BCUT2D eigenvalue weighted by atomic mass is 10.0. The average Bonchev–Trinajstić information content (AvgIpc) is 2.50. The molecule has 0 radical (unpaired) electrons. The van der Waals surface area contributed by atoms with E-state index in [1.165, 1.54) is 0 Å². The number of fused-ring (bicyclic) bond motifs is 1. The number of halogens is 3. The molecule has 0 heterocycles. The third-order valence-electron chi connectivity index (χ3n) is 3.28. The molecule has 1 N–H and O–H groups in total. The fourth-order valence-corrected chi connectivity index (χ4v) is 6.05. The number of rotatable bonds is 2. The maximum Gasteiger partial charge on any atom is 0.344 e. The normalized spacial score (nSPS) is 10.7. The van der Waals surface area contributed by atoms with Crippen molar-refractivity contribution in [1.82, 2.24) is 0 Å². The number of hydrogen-bond donors (Lipinski definition) is 1. The third kappa shape index (κ3) is 3.58. The van der Waals surface area contributed by atoms with Crippen molar-refractivity contribution < 1.29 is 14.6 Å². The number of esters is 1. The summed E-state index contributed by atoms with van der Waals surface area (Å²) in [6.45, 7) is 0. The van der Waals surface area contributed by atoms with Gasteiger partial charge in [0.25, 0.3) is 0 Å². The lowest BCUT2D eigenvalue weighted by molar-refractivity contribution is 0.0734. The molecule has 0 bridgehead atoms. The lowest BCUT2D eigenvalue weighted by Crippen LogP contribution is -2.11. The van der Waals surface area contributed by atoms with Gasteiger partial charge in [0.05, 0.1) is 12.7 Å². The third-order valence-corrected chi connectivity index (χ3v) is 5.50. The Labute approximate surface area is 173 Å². The van der Waals surface area contributed by atoms with Crippen LogP contribution in [0.15, 0.2) is 48.5 Å². The van der Waals surface area contributed by atoms with Gasteiger partial charge in [-0.25, -0.2) is 4.79 Å². The lowest BCUT2D eigenvalue weighted by Gasteiger charge is -2.11. The molecule has 3 rings (SSSR count). The Morgan fingerprint density at radius 1 is 0.913 bits per heavy atom. The van der Waals surface area contributed by atoms with Crippen LogP contribution in [0.3, 0.4) is 0 Å². The first-order valence-electron chi connectivity index (χ1n) is 6.55. The van der Waals surface area contributed by atoms with E-state index >= 15 is 0 Å². The van der Waals surface area contributed by atoms with Gasteiger partial charge >= 0.3 is 5.97 Å². The number of carbonyl (C=O) groups excluding carboxylic acids is 1. The molecule has 3 aromatic rings. The van der Waals surface area contributed by atoms with Crippen molar-refractivity contribution in [1.29, 1.82) is 0 Å². The van der Waals surface area contributed by atoms with Crippen molar-refractivity contribution in [2.75, 3.05) is 0 Å². The van der Waals surface area contributed by atoms with E-state index in [9.17, 15) is 9.90 Å². The fraction of sp³-hybridized carbons (Fsp3) is 0. The topological polar surface area (TPSA) is 46.5 Å². The minimum atomic E-state index is -0.432. The fourth-order valence-electron chi connectivity index (χ4n) is 2.25. The van der Waals surface area contributed by atoms with Crippen LogP contribution in [0.2, 0.25) is 0 Å². The highest BCUT2D eigenvalue weighted by atomic mass is 127. The van der Waals surface area contributed by atoms with Crippen molar-refractivity contribution in [3.05, 3.63) is 64.8 Å². The van der Waals surface area contributed by atoms with Crippen molar-refractivity contribution in [2.45, 2.75) is 0 Å². The molecular formula is C17H9I3O3. The van der Waals surface area contributed by atoms with Crippen LogP contribution in [-0.2, 0) is 0 Å². The van der Waals surface area contributed by atoms with E-state index in [0.717, 1.165) is 10.7 Å². The minimum absolute atomic E-state index is 0.149. The summed E-state index contributed by atoms with van der Waals surface area (Å²) in [5.74, 6) is 0.280. The van der Waals surface area contributed by atoms with E-state index in [2.05, 4.69) is 67.8 Å². The molecule has 0 saturated carbocycles. The van der Waals surface area contributed by atoms with Gasteiger partial charge < -0.3 is 9.84 Å². The molecule has 0 spiro atoms. The molecule has 0 atom stereocenters. The zero-order valence-electron chi connectivity index (χ0n) is 11.5. The molecule has 116 valence electrons. The largest absolute Gasteiger partial charge is 0.507 e. The molecule has 0 fully saturated rings. The first-order chi connectivity index (χ1) is 11.0. The number of ether oxygens (including phenoxy) is 1. The van der Waals surface area contributed by atoms with Crippen molar-refractivity contribution in [2.24, 2.45) is 0 Å². The van der Waals surface area contributed by atoms with E-state index in [0.29, 0.717) is 22.1 Å². The second-order valence-electron chi connectivity index (χ2n) is 4.77. The first-order valence-corrected chi connectivity index (χ1v) is 9.78. The van der Waals surface area contributed by atoms with Crippen molar-refractivity contribution >= 4 is 84.5 Å². The molecule has 0 aromatic heterocycles. The standard InChI is InChI=1S/C17H9I3O3/c18-9-7-13(19)16(14(20)8-9)23-17(22)12-5-1-4-11-10(12)3-2-6-15(11)21/h1-8,21H. The molecule has 23 heavy (non-hydrogen) atoms. The quantitative estimate of drug-likeness (QED) is 0.226. The van der Waals surface area contributed by atoms with E-state index in [-0.39, 0.29) is 5.75 Å². The Balaban J connectivity index is 2.04. The summed E-state index contributed by atoms with van der Waals surface area (Å²) in [5, 5.41) is 11.2. The number of carbonyl (C=O) groups is 1. The minimum Gasteiger partial charge on any atom is -0.507 e. The van der Waals surface area contributed by atoms with Gasteiger partial charge in [-0.05, 0) is 97.4 Å². The average molecular weight is 642 g/mol. The van der Waals surface area contributed by atoms with E-state index in [4.69, 9.17) is 4.74 Å². The number of benzene rings is 3. The van der Waals surface area contributed by atoms with Crippen LogP contribution in [0.4, 0.5) is 0 Å². The van der Waals surface area contributed by atoms with Crippen LogP contribution < -0.4 is 4.74 Å². The number of hydrogen-bond acceptors (Lipinski definition) is 3. The zero-order chi connectivity index (χ0) is 16.6. The maximum atomic E-state index is 12.6. The van der Waals surface area contributed by atoms with Crippen LogP contribution in [0.25, 0.3) is 10.8 Å². The van der Waals surface area contributed by atoms with Gasteiger partial charge in [0.2, 0.25) is 0 Å². The Morgan fingerprint density at radius 2 is 1.52 bits per heavy atom. The first kappa shape index (κ1) is 17.2. The summed E-state index contributed by atoms with van der Waals surface area (Å²) in [5.41, 5.74) is 0.434. The molecule has 3 aromatic carbocycles. The van der Waals surface area contributed by atoms with Gasteiger partial charge in [-0.3, -0.25) is 0 Å². The number of aromatic hydroxyl groups is 1. The molecule has 0 aliphatic heterocycles. The summed E-state index contributed by atoms with van der Waals surface area (Å²) < 4.78 is 8.48. The smallest absolute Gasteiger partial charge is 0.344 e. The van der Waals surface area contributed by atoms with Crippen LogP contribution in [0.1, 0.15) is 10.4 Å². The van der Waals surface area contributed by atoms with Gasteiger partial charge in [-0.1, -0.05) is 24.3 Å². The zero-order valence-corrected chi connectivity index (χ0v) is 18.0. The molecule has 0 unspecified atom stereocenters. The Morgan fingerprint density at radius 3 is 2.22 bits per heavy atom. The van der Waals surface area contributed by atoms with Crippen molar-refractivity contribution in [3.63, 3.8) is 0 Å². The molecule has 6 heteroatoms. The maximum absolute atomic E-state index is 12.6. The van der Waals surface area contributed by atoms with Crippen molar-refractivity contribution in [3.8, 4) is 11.5 Å². The van der Waals surface area contributed by atoms with E-state index < -0.39 is 5.97 Å². The highest BCUT2D eigenvalue weighted by molar-refractivity contribution is 14.1. The monoisotopic (exact) mass is 642 g/mol. The molecule has 3 nitrogen and oxygen atoms in total. The summed E-state index contributed by atoms with van der Waals surface area (Å²) in [6.07, 6.45) is 0. The summed E-state index contributed by atoms with van der Waals surface area (Å²) in [6, 6.07) is 14.3. The van der Waals surface area contributed by atoms with Crippen LogP contribution >= 0.6 is 67.8 Å². The Bertz CT molecular complexity index is 899. The van der Waals surface area contributed by atoms with Gasteiger partial charge in [0, 0.05) is 8.96 Å². The number of phenols is 1. The van der Waals surface area contributed by atoms with Gasteiger partial charge in [0.1, 0.15) is 5.75 Å². The van der Waals surface area contributed by atoms with Gasteiger partial charge in [-0.2, -0.15) is 0 Å². The molecule has 0 amide bonds. The highest BCUT2D eigenvalue weighted by Crippen LogP contribution is 2.32. The van der Waals surface area contributed by atoms with Gasteiger partial charge in [-0.15, -0.1) is 0 Å². The van der Waals surface area contributed by atoms with Gasteiger partial charge in [0.15, 0.2) is 5.75 Å². The second kappa shape index (κ2) is 7.09. The molecule has 0 saturated heterocycles. The molecular weight excluding hydrogens is 633 g/mol. The predicted molar refractivity (Wildman–Crippen MR) is 115 cm³/mol. The Hall–Kier alpha value is -0.620. The molecule has 0 aliphatic carbocycles. The summed E-state index contributed by atoms with van der Waals surface area (Å²) in [4.78, 5) is 12.6. The van der Waals surface area contributed by atoms with Crippen LogP contribution in [-0.4, -0.2) is 11.1 Å². The summed E-state index contributed by atoms with van der Waals surface area (Å²) >= 11 is 6.55. The number of phenolic OH excluding ortho intramolecular Hbond substituents is 1. The predicted octanol–water partition coefficient (Wildman–Crippen LogP) is 5.58. The van der Waals surface area contributed by atoms with Crippen LogP contribution in [0.5, 0.6) is 11.5 Å². The van der Waals surface area contributed by atoms with E-state index in [1.54, 1.807) is 36.4 Å². The second-order valence-corrected chi connectivity index (χ2v) is 8.34. The SMILES string of the molecule is O=C(Oc1c(I)cc(I)cc1I)c1cccc2c(O)cccc12. The van der Waals surface area contributed by atoms with E-state index in [1.807, 2.05) is 12.1 Å². The highest BCUT2D eigenvalue weighted by Gasteiger charge is 2.17.